The first-order valence-electron chi connectivity index (χ1n) is 4.91. The molecule has 1 fully saturated rings. The fourth-order valence-electron chi connectivity index (χ4n) is 1.53. The Balaban J connectivity index is 1.82. The molecule has 2 rings (SSSR count). The van der Waals surface area contributed by atoms with E-state index in [0.29, 0.717) is 13.2 Å². The number of thiophene rings is 1. The molecule has 0 saturated carbocycles. The standard InChI is InChI=1S/C10H15NO3S/c1-13-10-3-2-7(15-10)4-11-8-5-14-6-9(8)12/h2-3,8-9,11-12H,4-6H2,1H3. The minimum Gasteiger partial charge on any atom is -0.487 e. The summed E-state index contributed by atoms with van der Waals surface area (Å²) in [4.78, 5) is 1.20. The van der Waals surface area contributed by atoms with Crippen LogP contribution in [-0.4, -0.2) is 37.6 Å². The highest BCUT2D eigenvalue weighted by molar-refractivity contribution is 7.13. The third-order valence-corrected chi connectivity index (χ3v) is 3.47. The maximum atomic E-state index is 9.51. The number of rotatable bonds is 4. The summed E-state index contributed by atoms with van der Waals surface area (Å²) in [5.41, 5.74) is 0. The van der Waals surface area contributed by atoms with Crippen molar-refractivity contribution < 1.29 is 14.6 Å². The summed E-state index contributed by atoms with van der Waals surface area (Å²) in [7, 11) is 1.66. The summed E-state index contributed by atoms with van der Waals surface area (Å²) >= 11 is 1.61. The maximum Gasteiger partial charge on any atom is 0.173 e. The van der Waals surface area contributed by atoms with Gasteiger partial charge in [-0.1, -0.05) is 0 Å². The van der Waals surface area contributed by atoms with Gasteiger partial charge < -0.3 is 19.9 Å². The fourth-order valence-corrected chi connectivity index (χ4v) is 2.30. The lowest BCUT2D eigenvalue weighted by molar-refractivity contribution is 0.122. The van der Waals surface area contributed by atoms with Gasteiger partial charge in [0.1, 0.15) is 0 Å². The van der Waals surface area contributed by atoms with Crippen LogP contribution in [0.3, 0.4) is 0 Å². The van der Waals surface area contributed by atoms with Crippen molar-refractivity contribution in [2.75, 3.05) is 20.3 Å². The second kappa shape index (κ2) is 4.94. The van der Waals surface area contributed by atoms with E-state index in [9.17, 15) is 5.11 Å². The Bertz CT molecular complexity index is 315. The summed E-state index contributed by atoms with van der Waals surface area (Å²) in [6.07, 6.45) is -0.383. The van der Waals surface area contributed by atoms with Crippen molar-refractivity contribution >= 4 is 11.3 Å². The zero-order valence-electron chi connectivity index (χ0n) is 8.60. The number of hydrogen-bond acceptors (Lipinski definition) is 5. The summed E-state index contributed by atoms with van der Waals surface area (Å²) in [5.74, 6) is 0. The Morgan fingerprint density at radius 2 is 2.47 bits per heavy atom. The summed E-state index contributed by atoms with van der Waals surface area (Å²) < 4.78 is 10.3. The molecule has 0 amide bonds. The van der Waals surface area contributed by atoms with Gasteiger partial charge in [0.25, 0.3) is 0 Å². The molecular formula is C10H15NO3S. The van der Waals surface area contributed by atoms with Crippen molar-refractivity contribution in [2.45, 2.75) is 18.7 Å². The Labute approximate surface area is 92.8 Å². The van der Waals surface area contributed by atoms with Crippen molar-refractivity contribution in [3.8, 4) is 5.06 Å². The molecule has 0 aromatic carbocycles. The highest BCUT2D eigenvalue weighted by atomic mass is 32.1. The fraction of sp³-hybridized carbons (Fsp3) is 0.600. The van der Waals surface area contributed by atoms with Crippen LogP contribution >= 0.6 is 11.3 Å². The van der Waals surface area contributed by atoms with E-state index in [1.165, 1.54) is 4.88 Å². The second-order valence-corrected chi connectivity index (χ2v) is 4.65. The Morgan fingerprint density at radius 3 is 3.07 bits per heavy atom. The van der Waals surface area contributed by atoms with E-state index in [2.05, 4.69) is 5.32 Å². The highest BCUT2D eigenvalue weighted by Crippen LogP contribution is 2.23. The molecule has 84 valence electrons. The van der Waals surface area contributed by atoms with E-state index in [4.69, 9.17) is 9.47 Å². The number of hydrogen-bond donors (Lipinski definition) is 2. The summed E-state index contributed by atoms with van der Waals surface area (Å²) in [6, 6.07) is 4.03. The number of aliphatic hydroxyl groups excluding tert-OH is 1. The van der Waals surface area contributed by atoms with Gasteiger partial charge in [-0.3, -0.25) is 0 Å². The van der Waals surface area contributed by atoms with Crippen LogP contribution in [0.2, 0.25) is 0 Å². The van der Waals surface area contributed by atoms with Crippen molar-refractivity contribution in [3.05, 3.63) is 17.0 Å². The van der Waals surface area contributed by atoms with Gasteiger partial charge >= 0.3 is 0 Å². The quantitative estimate of drug-likeness (QED) is 0.794. The van der Waals surface area contributed by atoms with E-state index in [-0.39, 0.29) is 12.1 Å². The van der Waals surface area contributed by atoms with Crippen molar-refractivity contribution in [3.63, 3.8) is 0 Å². The first-order valence-corrected chi connectivity index (χ1v) is 5.73. The van der Waals surface area contributed by atoms with Crippen molar-refractivity contribution in [1.29, 1.82) is 0 Å². The lowest BCUT2D eigenvalue weighted by atomic mass is 10.2. The predicted molar refractivity (Wildman–Crippen MR) is 58.3 cm³/mol. The molecule has 0 aliphatic carbocycles. The number of methoxy groups -OCH3 is 1. The van der Waals surface area contributed by atoms with E-state index in [0.717, 1.165) is 11.6 Å². The zero-order valence-corrected chi connectivity index (χ0v) is 9.42. The van der Waals surface area contributed by atoms with Crippen LogP contribution in [0.5, 0.6) is 5.06 Å². The van der Waals surface area contributed by atoms with Crippen LogP contribution < -0.4 is 10.1 Å². The molecule has 5 heteroatoms. The van der Waals surface area contributed by atoms with Crippen LogP contribution in [0.15, 0.2) is 12.1 Å². The normalized spacial score (nSPS) is 25.7. The zero-order chi connectivity index (χ0) is 10.7. The molecule has 0 radical (unpaired) electrons. The van der Waals surface area contributed by atoms with E-state index < -0.39 is 0 Å². The van der Waals surface area contributed by atoms with Gasteiger partial charge in [-0.2, -0.15) is 0 Å². The molecule has 1 aromatic rings. The average molecular weight is 229 g/mol. The smallest absolute Gasteiger partial charge is 0.173 e. The molecule has 1 aliphatic rings. The van der Waals surface area contributed by atoms with Gasteiger partial charge in [0.2, 0.25) is 0 Å². The molecule has 2 N–H and O–H groups in total. The second-order valence-electron chi connectivity index (χ2n) is 3.52. The molecular weight excluding hydrogens is 214 g/mol. The van der Waals surface area contributed by atoms with Crippen LogP contribution in [-0.2, 0) is 11.3 Å². The third-order valence-electron chi connectivity index (χ3n) is 2.43. The Hall–Kier alpha value is -0.620. The SMILES string of the molecule is COc1ccc(CNC2COCC2O)s1. The average Bonchev–Trinajstić information content (AvgIpc) is 2.84. The lowest BCUT2D eigenvalue weighted by Crippen LogP contribution is -2.38. The molecule has 0 spiro atoms. The Kier molecular flexibility index (Phi) is 3.58. The molecule has 2 heterocycles. The van der Waals surface area contributed by atoms with Gasteiger partial charge in [-0.25, -0.2) is 0 Å². The van der Waals surface area contributed by atoms with Crippen LogP contribution in [0.25, 0.3) is 0 Å². The Morgan fingerprint density at radius 1 is 1.60 bits per heavy atom. The van der Waals surface area contributed by atoms with Crippen LogP contribution in [0, 0.1) is 0 Å². The number of aliphatic hydroxyl groups is 1. The van der Waals surface area contributed by atoms with Gasteiger partial charge in [0, 0.05) is 11.4 Å². The topological polar surface area (TPSA) is 50.7 Å². The first kappa shape index (κ1) is 10.9. The molecule has 1 aromatic heterocycles. The van der Waals surface area contributed by atoms with Gasteiger partial charge in [-0.15, -0.1) is 11.3 Å². The third kappa shape index (κ3) is 2.69. The summed E-state index contributed by atoms with van der Waals surface area (Å²) in [5, 5.41) is 13.7. The monoisotopic (exact) mass is 229 g/mol. The first-order chi connectivity index (χ1) is 7.29. The lowest BCUT2D eigenvalue weighted by Gasteiger charge is -2.13. The van der Waals surface area contributed by atoms with Crippen molar-refractivity contribution in [1.82, 2.24) is 5.32 Å². The van der Waals surface area contributed by atoms with E-state index >= 15 is 0 Å². The number of nitrogens with one attached hydrogen (secondary N) is 1. The molecule has 2 atom stereocenters. The molecule has 0 bridgehead atoms. The van der Waals surface area contributed by atoms with Gasteiger partial charge in [0.05, 0.1) is 32.5 Å². The molecule has 2 unspecified atom stereocenters. The number of ether oxygens (including phenoxy) is 2. The predicted octanol–water partition coefficient (Wildman–Crippen LogP) is 0.606. The van der Waals surface area contributed by atoms with Crippen LogP contribution in [0.1, 0.15) is 4.88 Å². The molecule has 4 nitrogen and oxygen atoms in total. The van der Waals surface area contributed by atoms with E-state index in [1.807, 2.05) is 12.1 Å². The summed E-state index contributed by atoms with van der Waals surface area (Å²) in [6.45, 7) is 1.77. The molecule has 15 heavy (non-hydrogen) atoms. The minimum atomic E-state index is -0.383. The van der Waals surface area contributed by atoms with Gasteiger partial charge in [0.15, 0.2) is 5.06 Å². The minimum absolute atomic E-state index is 0.0538. The van der Waals surface area contributed by atoms with Crippen LogP contribution in [0.4, 0.5) is 0 Å². The van der Waals surface area contributed by atoms with E-state index in [1.54, 1.807) is 18.4 Å². The van der Waals surface area contributed by atoms with Gasteiger partial charge in [-0.05, 0) is 12.1 Å². The maximum absolute atomic E-state index is 9.51. The van der Waals surface area contributed by atoms with Crippen molar-refractivity contribution in [2.24, 2.45) is 0 Å². The highest BCUT2D eigenvalue weighted by Gasteiger charge is 2.25. The largest absolute Gasteiger partial charge is 0.487 e. The molecule has 1 aliphatic heterocycles. The molecule has 1 saturated heterocycles.